The van der Waals surface area contributed by atoms with Crippen molar-refractivity contribution in [2.75, 3.05) is 20.3 Å². The van der Waals surface area contributed by atoms with Crippen molar-refractivity contribution < 1.29 is 9.53 Å². The number of aromatic nitrogens is 2. The molecule has 0 aromatic carbocycles. The summed E-state index contributed by atoms with van der Waals surface area (Å²) in [6.45, 7) is 4.12. The Labute approximate surface area is 127 Å². The molecule has 0 spiro atoms. The Morgan fingerprint density at radius 2 is 2.43 bits per heavy atom. The summed E-state index contributed by atoms with van der Waals surface area (Å²) in [5.41, 5.74) is 1.58. The van der Waals surface area contributed by atoms with Crippen LogP contribution in [0.3, 0.4) is 0 Å². The summed E-state index contributed by atoms with van der Waals surface area (Å²) in [5.74, 6) is 0.264. The Bertz CT molecular complexity index is 628. The lowest BCUT2D eigenvalue weighted by atomic mass is 10.0. The first-order chi connectivity index (χ1) is 10.1. The molecular formula is C15H19N3O2S. The van der Waals surface area contributed by atoms with Crippen molar-refractivity contribution in [3.8, 4) is 0 Å². The van der Waals surface area contributed by atoms with Gasteiger partial charge in [-0.2, -0.15) is 5.10 Å². The van der Waals surface area contributed by atoms with E-state index < -0.39 is 0 Å². The fraction of sp³-hybridized carbons (Fsp3) is 0.467. The monoisotopic (exact) mass is 305 g/mol. The first-order valence-electron chi connectivity index (χ1n) is 7.07. The summed E-state index contributed by atoms with van der Waals surface area (Å²) in [7, 11) is 1.83. The van der Waals surface area contributed by atoms with Crippen LogP contribution >= 0.6 is 11.3 Å². The average Bonchev–Trinajstić information content (AvgIpc) is 3.18. The molecule has 0 aliphatic carbocycles. The highest BCUT2D eigenvalue weighted by Gasteiger charge is 2.26. The number of thiophene rings is 1. The maximum absolute atomic E-state index is 12.6. The molecular weight excluding hydrogens is 286 g/mol. The Balaban J connectivity index is 1.74. The fourth-order valence-corrected chi connectivity index (χ4v) is 3.57. The Morgan fingerprint density at radius 3 is 3.10 bits per heavy atom. The van der Waals surface area contributed by atoms with Crippen LogP contribution in [-0.4, -0.2) is 41.3 Å². The second-order valence-corrected chi connectivity index (χ2v) is 6.80. The third kappa shape index (κ3) is 3.01. The fourth-order valence-electron chi connectivity index (χ4n) is 2.62. The highest BCUT2D eigenvalue weighted by molar-refractivity contribution is 7.11. The van der Waals surface area contributed by atoms with Gasteiger partial charge in [0.15, 0.2) is 0 Å². The number of nitrogens with one attached hydrogen (secondary N) is 1. The number of H-pyrrole nitrogens is 1. The van der Waals surface area contributed by atoms with Crippen LogP contribution in [0, 0.1) is 6.92 Å². The van der Waals surface area contributed by atoms with Crippen molar-refractivity contribution in [1.29, 1.82) is 0 Å². The first kappa shape index (κ1) is 14.3. The highest BCUT2D eigenvalue weighted by atomic mass is 32.1. The van der Waals surface area contributed by atoms with Gasteiger partial charge in [-0.05, 0) is 25.5 Å². The van der Waals surface area contributed by atoms with Gasteiger partial charge in [-0.25, -0.2) is 0 Å². The van der Waals surface area contributed by atoms with E-state index in [9.17, 15) is 4.79 Å². The van der Waals surface area contributed by atoms with Gasteiger partial charge in [-0.15, -0.1) is 11.3 Å². The number of hydrogen-bond donors (Lipinski definition) is 1. The van der Waals surface area contributed by atoms with Crippen LogP contribution in [0.5, 0.6) is 0 Å². The normalized spacial score (nSPS) is 18.1. The van der Waals surface area contributed by atoms with E-state index in [0.29, 0.717) is 18.7 Å². The molecule has 0 bridgehead atoms. The minimum Gasteiger partial charge on any atom is -0.381 e. The van der Waals surface area contributed by atoms with Crippen molar-refractivity contribution in [3.05, 3.63) is 39.3 Å². The molecule has 1 N–H and O–H groups in total. The molecule has 1 atom stereocenters. The largest absolute Gasteiger partial charge is 0.381 e. The summed E-state index contributed by atoms with van der Waals surface area (Å²) in [6.07, 6.45) is 2.57. The van der Waals surface area contributed by atoms with Gasteiger partial charge in [-0.3, -0.25) is 9.89 Å². The number of rotatable bonds is 4. The minimum atomic E-state index is 0.0108. The van der Waals surface area contributed by atoms with E-state index in [4.69, 9.17) is 4.74 Å². The molecule has 1 aliphatic rings. The third-order valence-corrected chi connectivity index (χ3v) is 4.76. The van der Waals surface area contributed by atoms with Crippen molar-refractivity contribution in [1.82, 2.24) is 15.1 Å². The summed E-state index contributed by atoms with van der Waals surface area (Å²) in [5, 5.41) is 7.03. The van der Waals surface area contributed by atoms with Crippen LogP contribution < -0.4 is 0 Å². The van der Waals surface area contributed by atoms with Gasteiger partial charge in [-0.1, -0.05) is 0 Å². The molecule has 2 aromatic heterocycles. The second kappa shape index (κ2) is 5.99. The molecule has 3 heterocycles. The minimum absolute atomic E-state index is 0.0108. The number of hydrogen-bond acceptors (Lipinski definition) is 4. The quantitative estimate of drug-likeness (QED) is 0.944. The SMILES string of the molecule is Cc1ccc(CN(C)C(=O)c2cn[nH]c2C2CCOC2)s1. The molecule has 112 valence electrons. The Morgan fingerprint density at radius 1 is 1.57 bits per heavy atom. The third-order valence-electron chi connectivity index (χ3n) is 3.77. The van der Waals surface area contributed by atoms with E-state index in [1.165, 1.54) is 9.75 Å². The van der Waals surface area contributed by atoms with E-state index in [-0.39, 0.29) is 11.8 Å². The maximum atomic E-state index is 12.6. The topological polar surface area (TPSA) is 58.2 Å². The molecule has 0 saturated carbocycles. The average molecular weight is 305 g/mol. The van der Waals surface area contributed by atoms with Crippen LogP contribution in [-0.2, 0) is 11.3 Å². The molecule has 1 amide bonds. The van der Waals surface area contributed by atoms with E-state index >= 15 is 0 Å². The molecule has 1 fully saturated rings. The van der Waals surface area contributed by atoms with Gasteiger partial charge in [0.2, 0.25) is 0 Å². The number of carbonyl (C=O) groups is 1. The molecule has 3 rings (SSSR count). The molecule has 6 heteroatoms. The molecule has 1 aliphatic heterocycles. The molecule has 5 nitrogen and oxygen atoms in total. The van der Waals surface area contributed by atoms with Crippen molar-refractivity contribution >= 4 is 17.2 Å². The van der Waals surface area contributed by atoms with Crippen molar-refractivity contribution in [2.24, 2.45) is 0 Å². The summed E-state index contributed by atoms with van der Waals surface area (Å²) in [6, 6.07) is 4.16. The number of aryl methyl sites for hydroxylation is 1. The van der Waals surface area contributed by atoms with Gasteiger partial charge < -0.3 is 9.64 Å². The maximum Gasteiger partial charge on any atom is 0.257 e. The van der Waals surface area contributed by atoms with Gasteiger partial charge in [0.1, 0.15) is 0 Å². The predicted molar refractivity (Wildman–Crippen MR) is 81.6 cm³/mol. The van der Waals surface area contributed by atoms with Crippen molar-refractivity contribution in [2.45, 2.75) is 25.8 Å². The summed E-state index contributed by atoms with van der Waals surface area (Å²) in [4.78, 5) is 16.8. The number of carbonyl (C=O) groups excluding carboxylic acids is 1. The molecule has 0 radical (unpaired) electrons. The Hall–Kier alpha value is -1.66. The molecule has 1 unspecified atom stereocenters. The molecule has 1 saturated heterocycles. The standard InChI is InChI=1S/C15H19N3O2S/c1-10-3-4-12(21-10)8-18(2)15(19)13-7-16-17-14(13)11-5-6-20-9-11/h3-4,7,11H,5-6,8-9H2,1-2H3,(H,16,17). The lowest BCUT2D eigenvalue weighted by Gasteiger charge is -2.17. The zero-order valence-electron chi connectivity index (χ0n) is 12.3. The lowest BCUT2D eigenvalue weighted by molar-refractivity contribution is 0.0785. The van der Waals surface area contributed by atoms with E-state index in [0.717, 1.165) is 18.7 Å². The lowest BCUT2D eigenvalue weighted by Crippen LogP contribution is -2.26. The van der Waals surface area contributed by atoms with Gasteiger partial charge in [0, 0.05) is 29.3 Å². The number of nitrogens with zero attached hydrogens (tertiary/aromatic N) is 2. The van der Waals surface area contributed by atoms with Crippen LogP contribution in [0.25, 0.3) is 0 Å². The van der Waals surface area contributed by atoms with Crippen LogP contribution in [0.15, 0.2) is 18.3 Å². The van der Waals surface area contributed by atoms with E-state index in [1.807, 2.05) is 7.05 Å². The van der Waals surface area contributed by atoms with E-state index in [2.05, 4.69) is 29.3 Å². The van der Waals surface area contributed by atoms with Crippen LogP contribution in [0.1, 0.15) is 38.1 Å². The summed E-state index contributed by atoms with van der Waals surface area (Å²) < 4.78 is 5.40. The summed E-state index contributed by atoms with van der Waals surface area (Å²) >= 11 is 1.72. The smallest absolute Gasteiger partial charge is 0.257 e. The van der Waals surface area contributed by atoms with Gasteiger partial charge >= 0.3 is 0 Å². The number of ether oxygens (including phenoxy) is 1. The zero-order chi connectivity index (χ0) is 14.8. The van der Waals surface area contributed by atoms with E-state index in [1.54, 1.807) is 22.4 Å². The zero-order valence-corrected chi connectivity index (χ0v) is 13.1. The highest BCUT2D eigenvalue weighted by Crippen LogP contribution is 2.27. The second-order valence-electron chi connectivity index (χ2n) is 5.43. The predicted octanol–water partition coefficient (Wildman–Crippen LogP) is 2.56. The number of aromatic amines is 1. The number of amides is 1. The van der Waals surface area contributed by atoms with Gasteiger partial charge in [0.05, 0.1) is 30.6 Å². The molecule has 21 heavy (non-hydrogen) atoms. The first-order valence-corrected chi connectivity index (χ1v) is 7.88. The molecule has 2 aromatic rings. The van der Waals surface area contributed by atoms with Crippen LogP contribution in [0.2, 0.25) is 0 Å². The van der Waals surface area contributed by atoms with Gasteiger partial charge in [0.25, 0.3) is 5.91 Å². The van der Waals surface area contributed by atoms with Crippen LogP contribution in [0.4, 0.5) is 0 Å². The van der Waals surface area contributed by atoms with Crippen molar-refractivity contribution in [3.63, 3.8) is 0 Å². The Kier molecular flexibility index (Phi) is 4.07.